The molecule has 1 N–H and O–H groups in total. The molecule has 1 aliphatic heterocycles. The van der Waals surface area contributed by atoms with Crippen molar-refractivity contribution in [2.45, 2.75) is 47.6 Å². The summed E-state index contributed by atoms with van der Waals surface area (Å²) in [6, 6.07) is 1.97. The molecule has 6 nitrogen and oxygen atoms in total. The predicted octanol–water partition coefficient (Wildman–Crippen LogP) is 2.43. The fraction of sp³-hybridized carbons (Fsp3) is 0.632. The first-order valence-electron chi connectivity index (χ1n) is 8.98. The van der Waals surface area contributed by atoms with Gasteiger partial charge < -0.3 is 10.2 Å². The third-order valence-corrected chi connectivity index (χ3v) is 5.17. The summed E-state index contributed by atoms with van der Waals surface area (Å²) in [7, 11) is 0. The van der Waals surface area contributed by atoms with E-state index in [2.05, 4.69) is 15.2 Å². The van der Waals surface area contributed by atoms with Crippen LogP contribution in [0.25, 0.3) is 0 Å². The number of aromatic nitrogens is 1. The van der Waals surface area contributed by atoms with Gasteiger partial charge in [-0.1, -0.05) is 20.8 Å². The van der Waals surface area contributed by atoms with Crippen LogP contribution in [-0.4, -0.2) is 52.8 Å². The first kappa shape index (κ1) is 19.4. The minimum atomic E-state index is -0.407. The summed E-state index contributed by atoms with van der Waals surface area (Å²) in [4.78, 5) is 32.4. The molecule has 1 aliphatic rings. The van der Waals surface area contributed by atoms with Crippen LogP contribution >= 0.6 is 0 Å². The van der Waals surface area contributed by atoms with E-state index in [1.165, 1.54) is 0 Å². The van der Waals surface area contributed by atoms with E-state index in [0.717, 1.165) is 50.3 Å². The van der Waals surface area contributed by atoms with Crippen LogP contribution in [0.15, 0.2) is 12.3 Å². The minimum Gasteiger partial charge on any atom is -0.340 e. The summed E-state index contributed by atoms with van der Waals surface area (Å²) >= 11 is 0. The molecule has 0 saturated carbocycles. The van der Waals surface area contributed by atoms with E-state index >= 15 is 0 Å². The average molecular weight is 346 g/mol. The lowest BCUT2D eigenvalue weighted by molar-refractivity contribution is -0.130. The molecule has 2 rings (SSSR count). The highest BCUT2D eigenvalue weighted by atomic mass is 16.2. The van der Waals surface area contributed by atoms with Crippen molar-refractivity contribution in [3.05, 3.63) is 23.4 Å². The second kappa shape index (κ2) is 7.95. The monoisotopic (exact) mass is 346 g/mol. The second-order valence-electron chi connectivity index (χ2n) is 7.47. The molecule has 0 spiro atoms. The molecule has 25 heavy (non-hydrogen) atoms. The van der Waals surface area contributed by atoms with Gasteiger partial charge in [-0.25, -0.2) is 4.98 Å². The number of pyridine rings is 1. The molecular formula is C19H30N4O2. The van der Waals surface area contributed by atoms with Crippen molar-refractivity contribution in [3.63, 3.8) is 0 Å². The minimum absolute atomic E-state index is 0.00706. The van der Waals surface area contributed by atoms with Crippen LogP contribution in [0.5, 0.6) is 0 Å². The second-order valence-corrected chi connectivity index (χ2v) is 7.47. The molecule has 6 heteroatoms. The van der Waals surface area contributed by atoms with Gasteiger partial charge in [-0.05, 0) is 30.5 Å². The highest BCUT2D eigenvalue weighted by Gasteiger charge is 2.26. The normalized spacial score (nSPS) is 16.0. The Morgan fingerprint density at radius 3 is 2.44 bits per heavy atom. The maximum Gasteiger partial charge on any atom is 0.231 e. The van der Waals surface area contributed by atoms with E-state index < -0.39 is 5.41 Å². The molecule has 0 atom stereocenters. The van der Waals surface area contributed by atoms with Crippen molar-refractivity contribution in [2.24, 2.45) is 5.41 Å². The third-order valence-electron chi connectivity index (χ3n) is 5.17. The molecular weight excluding hydrogens is 316 g/mol. The molecule has 2 heterocycles. The molecule has 1 fully saturated rings. The van der Waals surface area contributed by atoms with Gasteiger partial charge in [0.25, 0.3) is 0 Å². The van der Waals surface area contributed by atoms with Gasteiger partial charge in [0.05, 0.1) is 0 Å². The van der Waals surface area contributed by atoms with E-state index in [1.54, 1.807) is 6.92 Å². The lowest BCUT2D eigenvalue weighted by Gasteiger charge is -2.34. The Morgan fingerprint density at radius 1 is 1.24 bits per heavy atom. The maximum atomic E-state index is 12.4. The number of nitrogens with zero attached hydrogens (tertiary/aromatic N) is 3. The zero-order valence-electron chi connectivity index (χ0n) is 16.1. The number of amides is 2. The predicted molar refractivity (Wildman–Crippen MR) is 99.2 cm³/mol. The summed E-state index contributed by atoms with van der Waals surface area (Å²) in [5, 5.41) is 2.94. The van der Waals surface area contributed by atoms with Gasteiger partial charge in [-0.3, -0.25) is 14.5 Å². The van der Waals surface area contributed by atoms with Gasteiger partial charge in [0.1, 0.15) is 5.82 Å². The van der Waals surface area contributed by atoms with Gasteiger partial charge in [0, 0.05) is 51.3 Å². The molecule has 0 aromatic carbocycles. The number of carbonyl (C=O) groups excluding carboxylic acids is 2. The number of aryl methyl sites for hydroxylation is 1. The molecule has 0 radical (unpaired) electrons. The fourth-order valence-corrected chi connectivity index (χ4v) is 2.71. The zero-order valence-corrected chi connectivity index (χ0v) is 16.1. The molecule has 0 aliphatic carbocycles. The van der Waals surface area contributed by atoms with Crippen molar-refractivity contribution < 1.29 is 9.59 Å². The lowest BCUT2D eigenvalue weighted by atomic mass is 9.89. The van der Waals surface area contributed by atoms with Crippen molar-refractivity contribution in [1.29, 1.82) is 0 Å². The fourth-order valence-electron chi connectivity index (χ4n) is 2.71. The van der Waals surface area contributed by atoms with E-state index in [4.69, 9.17) is 0 Å². The molecule has 138 valence electrons. The average Bonchev–Trinajstić information content (AvgIpc) is 2.58. The van der Waals surface area contributed by atoms with Crippen molar-refractivity contribution >= 4 is 17.6 Å². The van der Waals surface area contributed by atoms with Crippen LogP contribution in [0.1, 0.15) is 45.2 Å². The van der Waals surface area contributed by atoms with Crippen LogP contribution in [0.2, 0.25) is 0 Å². The Hall–Kier alpha value is -1.95. The maximum absolute atomic E-state index is 12.4. The Labute approximate surface area is 150 Å². The highest BCUT2D eigenvalue weighted by molar-refractivity contribution is 5.94. The number of nitrogens with one attached hydrogen (secondary N) is 1. The number of anilines is 1. The standard InChI is InChI=1S/C19H30N4O2/c1-6-19(4,5)18(25)21-17-11-16(14(2)12-20-17)13-22-7-9-23(10-8-22)15(3)24/h11-12H,6-10,13H2,1-5H3,(H,20,21,25). The Bertz CT molecular complexity index is 634. The summed E-state index contributed by atoms with van der Waals surface area (Å²) < 4.78 is 0. The first-order chi connectivity index (χ1) is 11.7. The van der Waals surface area contributed by atoms with Gasteiger partial charge in [-0.15, -0.1) is 0 Å². The summed E-state index contributed by atoms with van der Waals surface area (Å²) in [5.74, 6) is 0.741. The van der Waals surface area contributed by atoms with Crippen molar-refractivity contribution in [1.82, 2.24) is 14.8 Å². The number of hydrogen-bond acceptors (Lipinski definition) is 4. The van der Waals surface area contributed by atoms with E-state index in [9.17, 15) is 9.59 Å². The van der Waals surface area contributed by atoms with Gasteiger partial charge in [-0.2, -0.15) is 0 Å². The van der Waals surface area contributed by atoms with Crippen LogP contribution in [0.3, 0.4) is 0 Å². The van der Waals surface area contributed by atoms with E-state index in [1.807, 2.05) is 44.9 Å². The highest BCUT2D eigenvalue weighted by Crippen LogP contribution is 2.23. The Morgan fingerprint density at radius 2 is 1.88 bits per heavy atom. The van der Waals surface area contributed by atoms with Crippen molar-refractivity contribution in [3.8, 4) is 0 Å². The third kappa shape index (κ3) is 5.01. The van der Waals surface area contributed by atoms with Crippen LogP contribution in [-0.2, 0) is 16.1 Å². The zero-order chi connectivity index (χ0) is 18.6. The molecule has 0 unspecified atom stereocenters. The van der Waals surface area contributed by atoms with E-state index in [-0.39, 0.29) is 11.8 Å². The SMILES string of the molecule is CCC(C)(C)C(=O)Nc1cc(CN2CCN(C(C)=O)CC2)c(C)cn1. The molecule has 1 saturated heterocycles. The van der Waals surface area contributed by atoms with Gasteiger partial charge in [0.15, 0.2) is 0 Å². The topological polar surface area (TPSA) is 65.5 Å². The molecule has 1 aromatic rings. The Kier molecular flexibility index (Phi) is 6.16. The lowest BCUT2D eigenvalue weighted by Crippen LogP contribution is -2.47. The smallest absolute Gasteiger partial charge is 0.231 e. The summed E-state index contributed by atoms with van der Waals surface area (Å²) in [5.41, 5.74) is 1.87. The molecule has 0 bridgehead atoms. The largest absolute Gasteiger partial charge is 0.340 e. The first-order valence-corrected chi connectivity index (χ1v) is 8.98. The van der Waals surface area contributed by atoms with Crippen LogP contribution in [0, 0.1) is 12.3 Å². The van der Waals surface area contributed by atoms with Crippen molar-refractivity contribution in [2.75, 3.05) is 31.5 Å². The van der Waals surface area contributed by atoms with E-state index in [0.29, 0.717) is 5.82 Å². The van der Waals surface area contributed by atoms with Crippen LogP contribution in [0.4, 0.5) is 5.82 Å². The van der Waals surface area contributed by atoms with Gasteiger partial charge >= 0.3 is 0 Å². The summed E-state index contributed by atoms with van der Waals surface area (Å²) in [6.45, 7) is 13.6. The number of carbonyl (C=O) groups is 2. The Balaban J connectivity index is 2.02. The van der Waals surface area contributed by atoms with Crippen LogP contribution < -0.4 is 5.32 Å². The molecule has 2 amide bonds. The quantitative estimate of drug-likeness (QED) is 0.889. The molecule has 1 aromatic heterocycles. The summed E-state index contributed by atoms with van der Waals surface area (Å²) in [6.07, 6.45) is 2.59. The van der Waals surface area contributed by atoms with Gasteiger partial charge in [0.2, 0.25) is 11.8 Å². The number of hydrogen-bond donors (Lipinski definition) is 1. The number of rotatable bonds is 5. The number of piperazine rings is 1.